The van der Waals surface area contributed by atoms with Crippen LogP contribution in [0.1, 0.15) is 46.2 Å². The minimum Gasteiger partial charge on any atom is -0.544 e. The van der Waals surface area contributed by atoms with Gasteiger partial charge < -0.3 is 24.7 Å². The lowest BCUT2D eigenvalue weighted by Gasteiger charge is -2.13. The Labute approximate surface area is 162 Å². The lowest BCUT2D eigenvalue weighted by molar-refractivity contribution is -0.254. The number of carboxylic acid groups (broad SMARTS) is 1. The van der Waals surface area contributed by atoms with Crippen molar-refractivity contribution >= 4 is 23.2 Å². The highest BCUT2D eigenvalue weighted by Gasteiger charge is 2.12. The van der Waals surface area contributed by atoms with Gasteiger partial charge in [0.2, 0.25) is 5.91 Å². The van der Waals surface area contributed by atoms with Gasteiger partial charge in [-0.2, -0.15) is 0 Å². The van der Waals surface area contributed by atoms with Gasteiger partial charge in [-0.25, -0.2) is 4.98 Å². The van der Waals surface area contributed by atoms with E-state index in [-0.39, 0.29) is 17.2 Å². The first-order valence-corrected chi connectivity index (χ1v) is 9.59. The number of amides is 1. The van der Waals surface area contributed by atoms with Crippen LogP contribution in [0, 0.1) is 6.92 Å². The van der Waals surface area contributed by atoms with E-state index in [0.717, 1.165) is 23.3 Å². The third kappa shape index (κ3) is 5.96. The van der Waals surface area contributed by atoms with Gasteiger partial charge in [-0.05, 0) is 38.0 Å². The van der Waals surface area contributed by atoms with Gasteiger partial charge in [0.1, 0.15) is 5.01 Å². The van der Waals surface area contributed by atoms with Crippen LogP contribution in [0.25, 0.3) is 0 Å². The van der Waals surface area contributed by atoms with Crippen molar-refractivity contribution in [1.29, 1.82) is 0 Å². The van der Waals surface area contributed by atoms with Crippen molar-refractivity contribution in [2.24, 2.45) is 0 Å². The Morgan fingerprint density at radius 1 is 1.22 bits per heavy atom. The molecule has 0 bridgehead atoms. The minimum absolute atomic E-state index is 0.0226. The van der Waals surface area contributed by atoms with Gasteiger partial charge in [0.25, 0.3) is 0 Å². The zero-order valence-electron chi connectivity index (χ0n) is 15.7. The second kappa shape index (κ2) is 9.91. The first-order chi connectivity index (χ1) is 12.9. The summed E-state index contributed by atoms with van der Waals surface area (Å²) < 4.78 is 11.3. The lowest BCUT2D eigenvalue weighted by atomic mass is 10.2. The van der Waals surface area contributed by atoms with Crippen LogP contribution in [0.15, 0.2) is 18.2 Å². The van der Waals surface area contributed by atoms with Crippen molar-refractivity contribution in [3.05, 3.63) is 39.3 Å². The maximum absolute atomic E-state index is 12.1. The zero-order valence-corrected chi connectivity index (χ0v) is 16.5. The molecule has 0 saturated carbocycles. The van der Waals surface area contributed by atoms with Crippen LogP contribution >= 0.6 is 11.3 Å². The van der Waals surface area contributed by atoms with E-state index in [9.17, 15) is 14.7 Å². The lowest BCUT2D eigenvalue weighted by Crippen LogP contribution is -2.24. The summed E-state index contributed by atoms with van der Waals surface area (Å²) in [7, 11) is 0. The molecule has 1 N–H and O–H groups in total. The number of carboxylic acids is 1. The highest BCUT2D eigenvalue weighted by atomic mass is 32.1. The Morgan fingerprint density at radius 3 is 2.63 bits per heavy atom. The number of aromatic nitrogens is 1. The average molecular weight is 391 g/mol. The molecule has 8 heteroatoms. The van der Waals surface area contributed by atoms with Crippen molar-refractivity contribution in [1.82, 2.24) is 10.3 Å². The van der Waals surface area contributed by atoms with Crippen molar-refractivity contribution in [3.8, 4) is 11.5 Å². The fraction of sp³-hybridized carbons (Fsp3) is 0.421. The van der Waals surface area contributed by atoms with Crippen molar-refractivity contribution < 1.29 is 24.2 Å². The number of hydrogen-bond donors (Lipinski definition) is 1. The van der Waals surface area contributed by atoms with E-state index in [1.54, 1.807) is 6.92 Å². The molecule has 0 aliphatic heterocycles. The highest BCUT2D eigenvalue weighted by Crippen LogP contribution is 2.28. The average Bonchev–Trinajstić information content (AvgIpc) is 3.00. The van der Waals surface area contributed by atoms with E-state index in [4.69, 9.17) is 9.47 Å². The van der Waals surface area contributed by atoms with E-state index < -0.39 is 5.97 Å². The van der Waals surface area contributed by atoms with Crippen LogP contribution < -0.4 is 19.9 Å². The Balaban J connectivity index is 1.96. The smallest absolute Gasteiger partial charge is 0.227 e. The molecule has 1 aromatic carbocycles. The summed E-state index contributed by atoms with van der Waals surface area (Å²) in [5.74, 6) is -0.183. The van der Waals surface area contributed by atoms with Gasteiger partial charge in [0, 0.05) is 6.54 Å². The number of aromatic carboxylic acids is 1. The Bertz CT molecular complexity index is 803. The number of nitrogens with zero attached hydrogens (tertiary/aromatic N) is 1. The number of aryl methyl sites for hydroxylation is 1. The Kier molecular flexibility index (Phi) is 7.60. The highest BCUT2D eigenvalue weighted by molar-refractivity contribution is 7.13. The molecule has 27 heavy (non-hydrogen) atoms. The molecular weight excluding hydrogens is 368 g/mol. The molecule has 146 valence electrons. The van der Waals surface area contributed by atoms with Crippen molar-refractivity contribution in [2.75, 3.05) is 13.2 Å². The molecule has 0 fully saturated rings. The third-order valence-electron chi connectivity index (χ3n) is 3.60. The summed E-state index contributed by atoms with van der Waals surface area (Å²) in [5.41, 5.74) is 1.24. The van der Waals surface area contributed by atoms with E-state index in [1.165, 1.54) is 0 Å². The quantitative estimate of drug-likeness (QED) is 0.663. The summed E-state index contributed by atoms with van der Waals surface area (Å²) in [6.07, 6.45) is 0.925. The van der Waals surface area contributed by atoms with Crippen LogP contribution in [-0.2, 0) is 17.8 Å². The van der Waals surface area contributed by atoms with Crippen LogP contribution in [0.5, 0.6) is 11.5 Å². The number of thiazole rings is 1. The zero-order chi connectivity index (χ0) is 19.8. The van der Waals surface area contributed by atoms with E-state index in [2.05, 4.69) is 10.3 Å². The van der Waals surface area contributed by atoms with E-state index in [0.29, 0.717) is 42.0 Å². The van der Waals surface area contributed by atoms with Crippen LogP contribution in [-0.4, -0.2) is 30.1 Å². The first-order valence-electron chi connectivity index (χ1n) is 8.77. The van der Waals surface area contributed by atoms with Gasteiger partial charge in [-0.1, -0.05) is 13.0 Å². The molecule has 2 aromatic rings. The summed E-state index contributed by atoms with van der Waals surface area (Å²) in [4.78, 5) is 27.2. The molecule has 0 unspecified atom stereocenters. The van der Waals surface area contributed by atoms with Gasteiger partial charge in [-0.15, -0.1) is 11.3 Å². The molecule has 2 rings (SSSR count). The van der Waals surface area contributed by atoms with Gasteiger partial charge in [-0.3, -0.25) is 4.79 Å². The molecule has 0 atom stereocenters. The molecule has 0 aliphatic carbocycles. The molecule has 1 heterocycles. The van der Waals surface area contributed by atoms with Crippen LogP contribution in [0.2, 0.25) is 0 Å². The molecule has 0 spiro atoms. The molecule has 1 amide bonds. The fourth-order valence-corrected chi connectivity index (χ4v) is 3.28. The molecule has 7 nitrogen and oxygen atoms in total. The monoisotopic (exact) mass is 391 g/mol. The normalized spacial score (nSPS) is 10.5. The van der Waals surface area contributed by atoms with Crippen LogP contribution in [0.3, 0.4) is 0 Å². The first kappa shape index (κ1) is 20.7. The summed E-state index contributed by atoms with van der Waals surface area (Å²) in [5, 5.41) is 14.2. The molecule has 0 saturated heterocycles. The number of benzene rings is 1. The van der Waals surface area contributed by atoms with Gasteiger partial charge in [0.05, 0.1) is 36.2 Å². The number of carbonyl (C=O) groups is 2. The standard InChI is InChI=1S/C19H24N2O5S/c1-4-8-26-14-7-6-13(9-15(14)25-5-2)11-20-16(22)10-17-21-12(3)18(27-17)19(23)24/h6-7,9H,4-5,8,10-11H2,1-3H3,(H,20,22)(H,23,24)/p-1. The summed E-state index contributed by atoms with van der Waals surface area (Å²) >= 11 is 0.966. The number of hydrogen-bond acceptors (Lipinski definition) is 7. The Morgan fingerprint density at radius 2 is 2.00 bits per heavy atom. The Hall–Kier alpha value is -2.61. The number of carbonyl (C=O) groups excluding carboxylic acids is 2. The summed E-state index contributed by atoms with van der Waals surface area (Å²) in [6.45, 7) is 6.96. The third-order valence-corrected chi connectivity index (χ3v) is 4.73. The fourth-order valence-electron chi connectivity index (χ4n) is 2.38. The maximum Gasteiger partial charge on any atom is 0.227 e. The second-order valence-corrected chi connectivity index (χ2v) is 6.91. The SMILES string of the molecule is CCCOc1ccc(CNC(=O)Cc2nc(C)c(C(=O)[O-])s2)cc1OCC. The largest absolute Gasteiger partial charge is 0.544 e. The van der Waals surface area contributed by atoms with Crippen molar-refractivity contribution in [3.63, 3.8) is 0 Å². The predicted octanol–water partition coefficient (Wildman–Crippen LogP) is 1.86. The number of nitrogens with one attached hydrogen (secondary N) is 1. The van der Waals surface area contributed by atoms with Crippen molar-refractivity contribution in [2.45, 2.75) is 40.2 Å². The second-order valence-electron chi connectivity index (χ2n) is 5.83. The molecule has 0 aliphatic rings. The molecular formula is C19H23N2O5S-. The number of ether oxygens (including phenoxy) is 2. The summed E-state index contributed by atoms with van der Waals surface area (Å²) in [6, 6.07) is 5.55. The maximum atomic E-state index is 12.1. The van der Waals surface area contributed by atoms with E-state index >= 15 is 0 Å². The van der Waals surface area contributed by atoms with Gasteiger partial charge in [0.15, 0.2) is 11.5 Å². The predicted molar refractivity (Wildman–Crippen MR) is 100 cm³/mol. The topological polar surface area (TPSA) is 101 Å². The van der Waals surface area contributed by atoms with E-state index in [1.807, 2.05) is 32.0 Å². The van der Waals surface area contributed by atoms with Crippen LogP contribution in [0.4, 0.5) is 0 Å². The minimum atomic E-state index is -1.27. The molecule has 0 radical (unpaired) electrons. The molecule has 1 aromatic heterocycles. The van der Waals surface area contributed by atoms with Gasteiger partial charge >= 0.3 is 0 Å². The number of rotatable bonds is 10.